The molecule has 2 heterocycles. The van der Waals surface area contributed by atoms with Crippen LogP contribution in [0.5, 0.6) is 0 Å². The van der Waals surface area contributed by atoms with Crippen LogP contribution in [0.2, 0.25) is 0 Å². The summed E-state index contributed by atoms with van der Waals surface area (Å²) in [5.41, 5.74) is -0.495. The Morgan fingerprint density at radius 2 is 2.33 bits per heavy atom. The van der Waals surface area contributed by atoms with Crippen LogP contribution in [-0.4, -0.2) is 47.7 Å². The summed E-state index contributed by atoms with van der Waals surface area (Å²) in [7, 11) is 0. The smallest absolute Gasteiger partial charge is 0.410 e. The maximum absolute atomic E-state index is 11.8. The lowest BCUT2D eigenvalue weighted by Gasteiger charge is -2.24. The van der Waals surface area contributed by atoms with Crippen molar-refractivity contribution in [1.82, 2.24) is 4.90 Å². The highest BCUT2D eigenvalue weighted by molar-refractivity contribution is 5.80. The number of likely N-dealkylation sites (tertiary alicyclic amines) is 1. The molecule has 98 valence electrons. The number of hydrogen-bond acceptors (Lipinski definition) is 5. The number of fused-ring (bicyclic) bond motifs is 1. The first-order chi connectivity index (χ1) is 8.39. The van der Waals surface area contributed by atoms with Crippen molar-refractivity contribution in [2.45, 2.75) is 44.9 Å². The second-order valence-electron chi connectivity index (χ2n) is 5.47. The van der Waals surface area contributed by atoms with Crippen LogP contribution in [0.1, 0.15) is 27.2 Å². The first kappa shape index (κ1) is 12.7. The molecule has 6 nitrogen and oxygen atoms in total. The third kappa shape index (κ3) is 2.73. The van der Waals surface area contributed by atoms with E-state index in [9.17, 15) is 4.79 Å². The Balaban J connectivity index is 1.92. The Morgan fingerprint density at radius 1 is 1.61 bits per heavy atom. The largest absolute Gasteiger partial charge is 0.473 e. The summed E-state index contributed by atoms with van der Waals surface area (Å²) in [6.45, 7) is 6.47. The molecule has 2 rings (SSSR count). The minimum absolute atomic E-state index is 0.0548. The highest BCUT2D eigenvalue weighted by Gasteiger charge is 2.42. The van der Waals surface area contributed by atoms with Gasteiger partial charge in [0, 0.05) is 0 Å². The van der Waals surface area contributed by atoms with E-state index in [4.69, 9.17) is 14.7 Å². The van der Waals surface area contributed by atoms with Crippen molar-refractivity contribution < 1.29 is 14.3 Å². The van der Waals surface area contributed by atoms with Gasteiger partial charge in [-0.2, -0.15) is 5.26 Å². The molecule has 0 bridgehead atoms. The van der Waals surface area contributed by atoms with E-state index in [-0.39, 0.29) is 24.7 Å². The van der Waals surface area contributed by atoms with Gasteiger partial charge in [-0.1, -0.05) is 0 Å². The van der Waals surface area contributed by atoms with Crippen molar-refractivity contribution in [3.05, 3.63) is 0 Å². The van der Waals surface area contributed by atoms with Gasteiger partial charge in [-0.05, 0) is 20.8 Å². The fraction of sp³-hybridized carbons (Fsp3) is 0.750. The van der Waals surface area contributed by atoms with Crippen molar-refractivity contribution >= 4 is 12.0 Å². The van der Waals surface area contributed by atoms with Crippen LogP contribution in [0.4, 0.5) is 4.79 Å². The van der Waals surface area contributed by atoms with Crippen LogP contribution in [-0.2, 0) is 9.47 Å². The number of ether oxygens (including phenoxy) is 2. The molecule has 0 saturated carbocycles. The molecule has 1 saturated heterocycles. The zero-order chi connectivity index (χ0) is 13.3. The van der Waals surface area contributed by atoms with Gasteiger partial charge < -0.3 is 14.4 Å². The van der Waals surface area contributed by atoms with Gasteiger partial charge in [-0.3, -0.25) is 0 Å². The molecule has 0 aromatic carbocycles. The Labute approximate surface area is 106 Å². The molecule has 6 heteroatoms. The van der Waals surface area contributed by atoms with Crippen molar-refractivity contribution in [2.75, 3.05) is 13.1 Å². The zero-order valence-electron chi connectivity index (χ0n) is 10.8. The van der Waals surface area contributed by atoms with Gasteiger partial charge in [0.25, 0.3) is 0 Å². The highest BCUT2D eigenvalue weighted by atomic mass is 16.6. The maximum atomic E-state index is 11.8. The number of carbonyl (C=O) groups is 1. The van der Waals surface area contributed by atoms with E-state index >= 15 is 0 Å². The zero-order valence-corrected chi connectivity index (χ0v) is 10.8. The standard InChI is InChI=1S/C12H17N3O3/c1-12(2,3)18-11(16)15-6-8-9(7-15)17-10(14-8)4-5-13/h8-9H,4,6-7H2,1-3H3. The normalized spacial score (nSPS) is 26.1. The molecular weight excluding hydrogens is 234 g/mol. The fourth-order valence-corrected chi connectivity index (χ4v) is 2.02. The third-order valence-electron chi connectivity index (χ3n) is 2.72. The molecule has 18 heavy (non-hydrogen) atoms. The van der Waals surface area contributed by atoms with Gasteiger partial charge >= 0.3 is 6.09 Å². The third-order valence-corrected chi connectivity index (χ3v) is 2.72. The molecule has 0 radical (unpaired) electrons. The average molecular weight is 251 g/mol. The quantitative estimate of drug-likeness (QED) is 0.704. The number of rotatable bonds is 1. The fourth-order valence-electron chi connectivity index (χ4n) is 2.02. The summed E-state index contributed by atoms with van der Waals surface area (Å²) in [6, 6.07) is 1.95. The number of nitriles is 1. The summed E-state index contributed by atoms with van der Waals surface area (Å²) in [5.74, 6) is 0.483. The number of hydrogen-bond donors (Lipinski definition) is 0. The Bertz CT molecular complexity index is 419. The highest BCUT2D eigenvalue weighted by Crippen LogP contribution is 2.25. The molecule has 0 spiro atoms. The van der Waals surface area contributed by atoms with E-state index in [1.807, 2.05) is 26.8 Å². The van der Waals surface area contributed by atoms with Crippen molar-refractivity contribution in [3.63, 3.8) is 0 Å². The van der Waals surface area contributed by atoms with E-state index in [0.29, 0.717) is 19.0 Å². The maximum Gasteiger partial charge on any atom is 0.410 e. The topological polar surface area (TPSA) is 74.9 Å². The summed E-state index contributed by atoms with van der Waals surface area (Å²) in [6.07, 6.45) is -0.266. The summed E-state index contributed by atoms with van der Waals surface area (Å²) >= 11 is 0. The Kier molecular flexibility index (Phi) is 3.16. The molecule has 2 atom stereocenters. The molecule has 0 aromatic heterocycles. The van der Waals surface area contributed by atoms with Gasteiger partial charge in [0.15, 0.2) is 5.90 Å². The monoisotopic (exact) mass is 251 g/mol. The molecule has 0 aliphatic carbocycles. The molecule has 1 fully saturated rings. The minimum atomic E-state index is -0.495. The number of aliphatic imine (C=N–C) groups is 1. The second kappa shape index (κ2) is 4.48. The van der Waals surface area contributed by atoms with E-state index in [1.165, 1.54) is 0 Å². The second-order valence-corrected chi connectivity index (χ2v) is 5.47. The molecule has 2 aliphatic heterocycles. The van der Waals surface area contributed by atoms with Gasteiger partial charge in [0.2, 0.25) is 0 Å². The van der Waals surface area contributed by atoms with Crippen LogP contribution >= 0.6 is 0 Å². The van der Waals surface area contributed by atoms with Crippen molar-refractivity contribution in [1.29, 1.82) is 5.26 Å². The van der Waals surface area contributed by atoms with Crippen LogP contribution in [0, 0.1) is 11.3 Å². The lowest BCUT2D eigenvalue weighted by molar-refractivity contribution is 0.0271. The summed E-state index contributed by atoms with van der Waals surface area (Å²) in [5, 5.41) is 8.56. The summed E-state index contributed by atoms with van der Waals surface area (Å²) < 4.78 is 10.8. The predicted molar refractivity (Wildman–Crippen MR) is 64.1 cm³/mol. The van der Waals surface area contributed by atoms with Gasteiger partial charge in [-0.25, -0.2) is 9.79 Å². The number of nitrogens with zero attached hydrogens (tertiary/aromatic N) is 3. The molecule has 1 amide bonds. The Morgan fingerprint density at radius 3 is 2.89 bits per heavy atom. The minimum Gasteiger partial charge on any atom is -0.473 e. The van der Waals surface area contributed by atoms with Crippen LogP contribution in [0.15, 0.2) is 4.99 Å². The first-order valence-electron chi connectivity index (χ1n) is 5.97. The first-order valence-corrected chi connectivity index (χ1v) is 5.97. The average Bonchev–Trinajstić information content (AvgIpc) is 2.72. The van der Waals surface area contributed by atoms with Gasteiger partial charge in [0.05, 0.1) is 19.2 Å². The van der Waals surface area contributed by atoms with Crippen LogP contribution in [0.25, 0.3) is 0 Å². The van der Waals surface area contributed by atoms with E-state index in [1.54, 1.807) is 4.90 Å². The molecule has 2 aliphatic rings. The van der Waals surface area contributed by atoms with E-state index < -0.39 is 5.60 Å². The summed E-state index contributed by atoms with van der Waals surface area (Å²) in [4.78, 5) is 17.7. The Hall–Kier alpha value is -1.77. The van der Waals surface area contributed by atoms with Gasteiger partial charge in [0.1, 0.15) is 24.2 Å². The van der Waals surface area contributed by atoms with Crippen LogP contribution < -0.4 is 0 Å². The van der Waals surface area contributed by atoms with Crippen molar-refractivity contribution in [2.24, 2.45) is 4.99 Å². The lowest BCUT2D eigenvalue weighted by atomic mass is 10.2. The lowest BCUT2D eigenvalue weighted by Crippen LogP contribution is -2.36. The predicted octanol–water partition coefficient (Wildman–Crippen LogP) is 1.32. The van der Waals surface area contributed by atoms with E-state index in [0.717, 1.165) is 0 Å². The van der Waals surface area contributed by atoms with Gasteiger partial charge in [-0.15, -0.1) is 0 Å². The number of amides is 1. The van der Waals surface area contributed by atoms with E-state index in [2.05, 4.69) is 4.99 Å². The molecule has 2 unspecified atom stereocenters. The van der Waals surface area contributed by atoms with Crippen molar-refractivity contribution in [3.8, 4) is 6.07 Å². The molecule has 0 aromatic rings. The SMILES string of the molecule is CC(C)(C)OC(=O)N1CC2N=C(CC#N)OC2C1. The van der Waals surface area contributed by atoms with Crippen LogP contribution in [0.3, 0.4) is 0 Å². The number of carbonyl (C=O) groups excluding carboxylic acids is 1. The molecule has 0 N–H and O–H groups in total. The molecular formula is C12H17N3O3.